The van der Waals surface area contributed by atoms with Gasteiger partial charge in [0.25, 0.3) is 0 Å². The molecule has 2 rings (SSSR count). The molecule has 0 spiro atoms. The van der Waals surface area contributed by atoms with Gasteiger partial charge >= 0.3 is 0 Å². The Kier molecular flexibility index (Phi) is 5.30. The minimum atomic E-state index is 0.0518. The maximum atomic E-state index is 6.48. The lowest BCUT2D eigenvalue weighted by atomic mass is 9.94. The van der Waals surface area contributed by atoms with Crippen molar-refractivity contribution in [2.24, 2.45) is 5.92 Å². The van der Waals surface area contributed by atoms with E-state index in [9.17, 15) is 0 Å². The Morgan fingerprint density at radius 3 is 2.21 bits per heavy atom. The average Bonchev–Trinajstić information content (AvgIpc) is 2.40. The van der Waals surface area contributed by atoms with E-state index in [2.05, 4.69) is 31.2 Å². The van der Waals surface area contributed by atoms with E-state index in [0.29, 0.717) is 5.92 Å². The summed E-state index contributed by atoms with van der Waals surface area (Å²) in [6.45, 7) is 2.25. The number of hydrogen-bond acceptors (Lipinski definition) is 0. The maximum Gasteiger partial charge on any atom is 0.0587 e. The van der Waals surface area contributed by atoms with Crippen LogP contribution in [0.3, 0.4) is 0 Å². The van der Waals surface area contributed by atoms with Gasteiger partial charge in [-0.05, 0) is 42.0 Å². The van der Waals surface area contributed by atoms with Crippen LogP contribution in [0.4, 0.5) is 0 Å². The number of rotatable bonds is 5. The first-order valence-electron chi connectivity index (χ1n) is 6.58. The summed E-state index contributed by atoms with van der Waals surface area (Å²) >= 11 is 12.4. The molecule has 2 aromatic rings. The second kappa shape index (κ2) is 6.98. The van der Waals surface area contributed by atoms with Gasteiger partial charge in [0.15, 0.2) is 0 Å². The largest absolute Gasteiger partial charge is 0.118 e. The molecule has 0 nitrogen and oxygen atoms in total. The third kappa shape index (κ3) is 4.56. The first kappa shape index (κ1) is 14.4. The summed E-state index contributed by atoms with van der Waals surface area (Å²) in [5.74, 6) is 0.556. The van der Waals surface area contributed by atoms with Crippen LogP contribution in [-0.4, -0.2) is 0 Å². The SMILES string of the molecule is CC(Cc1ccccc1)CC(Cl)c1ccc(Cl)cc1. The fraction of sp³-hybridized carbons (Fsp3) is 0.294. The molecule has 0 amide bonds. The zero-order chi connectivity index (χ0) is 13.7. The lowest BCUT2D eigenvalue weighted by Gasteiger charge is -2.16. The molecule has 19 heavy (non-hydrogen) atoms. The molecule has 2 heteroatoms. The second-order valence-electron chi connectivity index (χ2n) is 5.05. The van der Waals surface area contributed by atoms with Crippen LogP contribution in [-0.2, 0) is 6.42 Å². The first-order chi connectivity index (χ1) is 9.15. The molecule has 100 valence electrons. The quantitative estimate of drug-likeness (QED) is 0.603. The summed E-state index contributed by atoms with van der Waals surface area (Å²) in [5, 5.41) is 0.806. The van der Waals surface area contributed by atoms with E-state index in [1.165, 1.54) is 5.56 Å². The number of hydrogen-bond donors (Lipinski definition) is 0. The van der Waals surface area contributed by atoms with Crippen LogP contribution in [0, 0.1) is 5.92 Å². The van der Waals surface area contributed by atoms with Crippen molar-refractivity contribution in [3.05, 3.63) is 70.7 Å². The van der Waals surface area contributed by atoms with Crippen molar-refractivity contribution >= 4 is 23.2 Å². The molecule has 0 heterocycles. The van der Waals surface area contributed by atoms with Gasteiger partial charge in [-0.2, -0.15) is 0 Å². The van der Waals surface area contributed by atoms with E-state index in [1.54, 1.807) is 0 Å². The van der Waals surface area contributed by atoms with E-state index in [-0.39, 0.29) is 5.38 Å². The predicted octanol–water partition coefficient (Wildman–Crippen LogP) is 5.89. The Labute approximate surface area is 125 Å². The van der Waals surface area contributed by atoms with Crippen molar-refractivity contribution in [3.8, 4) is 0 Å². The third-order valence-electron chi connectivity index (χ3n) is 3.27. The molecule has 0 fully saturated rings. The van der Waals surface area contributed by atoms with E-state index in [1.807, 2.05) is 30.3 Å². The van der Waals surface area contributed by atoms with Gasteiger partial charge in [0.2, 0.25) is 0 Å². The van der Waals surface area contributed by atoms with Gasteiger partial charge in [-0.3, -0.25) is 0 Å². The van der Waals surface area contributed by atoms with E-state index < -0.39 is 0 Å². The molecule has 0 N–H and O–H groups in total. The van der Waals surface area contributed by atoms with Crippen LogP contribution < -0.4 is 0 Å². The summed E-state index contributed by atoms with van der Waals surface area (Å²) in [7, 11) is 0. The summed E-state index contributed by atoms with van der Waals surface area (Å²) in [5.41, 5.74) is 2.51. The number of benzene rings is 2. The molecule has 0 bridgehead atoms. The summed E-state index contributed by atoms with van der Waals surface area (Å²) in [6.07, 6.45) is 2.04. The van der Waals surface area contributed by atoms with Crippen molar-refractivity contribution in [2.75, 3.05) is 0 Å². The van der Waals surface area contributed by atoms with E-state index in [0.717, 1.165) is 23.4 Å². The molecule has 0 aliphatic carbocycles. The molecule has 0 radical (unpaired) electrons. The lowest BCUT2D eigenvalue weighted by molar-refractivity contribution is 0.521. The minimum Gasteiger partial charge on any atom is -0.118 e. The zero-order valence-corrected chi connectivity index (χ0v) is 12.5. The van der Waals surface area contributed by atoms with Gasteiger partial charge in [-0.25, -0.2) is 0 Å². The van der Waals surface area contributed by atoms with Crippen molar-refractivity contribution in [1.29, 1.82) is 0 Å². The van der Waals surface area contributed by atoms with E-state index in [4.69, 9.17) is 23.2 Å². The van der Waals surface area contributed by atoms with Crippen LogP contribution in [0.1, 0.15) is 29.8 Å². The third-order valence-corrected chi connectivity index (χ3v) is 3.95. The van der Waals surface area contributed by atoms with Gasteiger partial charge in [-0.15, -0.1) is 11.6 Å². The second-order valence-corrected chi connectivity index (χ2v) is 6.01. The molecule has 2 atom stereocenters. The van der Waals surface area contributed by atoms with Crippen LogP contribution >= 0.6 is 23.2 Å². The van der Waals surface area contributed by atoms with Crippen LogP contribution in [0.15, 0.2) is 54.6 Å². The van der Waals surface area contributed by atoms with Gasteiger partial charge in [0.1, 0.15) is 0 Å². The fourth-order valence-electron chi connectivity index (χ4n) is 2.26. The molecule has 2 unspecified atom stereocenters. The lowest BCUT2D eigenvalue weighted by Crippen LogP contribution is -2.04. The molecule has 0 aromatic heterocycles. The highest BCUT2D eigenvalue weighted by atomic mass is 35.5. The van der Waals surface area contributed by atoms with Crippen molar-refractivity contribution < 1.29 is 0 Å². The Bertz CT molecular complexity index is 490. The summed E-state index contributed by atoms with van der Waals surface area (Å²) in [4.78, 5) is 0. The molecule has 0 aliphatic heterocycles. The Morgan fingerprint density at radius 1 is 0.947 bits per heavy atom. The van der Waals surface area contributed by atoms with Crippen molar-refractivity contribution in [2.45, 2.75) is 25.1 Å². The molecule has 0 saturated carbocycles. The van der Waals surface area contributed by atoms with Gasteiger partial charge in [-0.1, -0.05) is 61.0 Å². The Morgan fingerprint density at radius 2 is 1.58 bits per heavy atom. The van der Waals surface area contributed by atoms with Crippen LogP contribution in [0.2, 0.25) is 5.02 Å². The van der Waals surface area contributed by atoms with Gasteiger partial charge in [0, 0.05) is 5.02 Å². The standard InChI is InChI=1S/C17H18Cl2/c1-13(11-14-5-3-2-4-6-14)12-17(19)15-7-9-16(18)10-8-15/h2-10,13,17H,11-12H2,1H3. The minimum absolute atomic E-state index is 0.0518. The molecule has 0 saturated heterocycles. The normalized spacial score (nSPS) is 14.1. The number of alkyl halides is 1. The van der Waals surface area contributed by atoms with Crippen LogP contribution in [0.25, 0.3) is 0 Å². The highest BCUT2D eigenvalue weighted by Gasteiger charge is 2.13. The highest BCUT2D eigenvalue weighted by molar-refractivity contribution is 6.30. The van der Waals surface area contributed by atoms with Crippen molar-refractivity contribution in [3.63, 3.8) is 0 Å². The average molecular weight is 293 g/mol. The fourth-order valence-corrected chi connectivity index (χ4v) is 2.84. The van der Waals surface area contributed by atoms with E-state index >= 15 is 0 Å². The maximum absolute atomic E-state index is 6.48. The monoisotopic (exact) mass is 292 g/mol. The Hall–Kier alpha value is -0.980. The van der Waals surface area contributed by atoms with Crippen molar-refractivity contribution in [1.82, 2.24) is 0 Å². The molecule has 2 aromatic carbocycles. The van der Waals surface area contributed by atoms with Gasteiger partial charge < -0.3 is 0 Å². The topological polar surface area (TPSA) is 0 Å². The zero-order valence-electron chi connectivity index (χ0n) is 11.0. The molecular weight excluding hydrogens is 275 g/mol. The molecule has 0 aliphatic rings. The summed E-state index contributed by atoms with van der Waals surface area (Å²) in [6, 6.07) is 18.4. The summed E-state index contributed by atoms with van der Waals surface area (Å²) < 4.78 is 0. The van der Waals surface area contributed by atoms with Crippen LogP contribution in [0.5, 0.6) is 0 Å². The number of halogens is 2. The Balaban J connectivity index is 1.91. The predicted molar refractivity (Wildman–Crippen MR) is 84.0 cm³/mol. The first-order valence-corrected chi connectivity index (χ1v) is 7.40. The molecular formula is C17H18Cl2. The van der Waals surface area contributed by atoms with Gasteiger partial charge in [0.05, 0.1) is 5.38 Å². The smallest absolute Gasteiger partial charge is 0.0587 e. The highest BCUT2D eigenvalue weighted by Crippen LogP contribution is 2.29.